The zero-order chi connectivity index (χ0) is 9.90. The van der Waals surface area contributed by atoms with Crippen molar-refractivity contribution in [1.29, 1.82) is 0 Å². The van der Waals surface area contributed by atoms with Crippen LogP contribution in [0, 0.1) is 0 Å². The van der Waals surface area contributed by atoms with Crippen LogP contribution in [0.3, 0.4) is 0 Å². The van der Waals surface area contributed by atoms with E-state index in [9.17, 15) is 9.90 Å². The van der Waals surface area contributed by atoms with Crippen LogP contribution in [0.25, 0.3) is 0 Å². The van der Waals surface area contributed by atoms with Crippen LogP contribution in [0.5, 0.6) is 0 Å². The number of hydrogen-bond acceptors (Lipinski definition) is 3. The fourth-order valence-corrected chi connectivity index (χ4v) is 0.745. The van der Waals surface area contributed by atoms with Crippen LogP contribution in [0.2, 0.25) is 0 Å². The maximum absolute atomic E-state index is 10.6. The molecule has 0 saturated heterocycles. The molecule has 1 aromatic rings. The molecule has 0 aromatic carbocycles. The van der Waals surface area contributed by atoms with Crippen molar-refractivity contribution in [2.45, 2.75) is 19.4 Å². The Morgan fingerprint density at radius 2 is 1.85 bits per heavy atom. The van der Waals surface area contributed by atoms with Gasteiger partial charge >= 0.3 is 0 Å². The van der Waals surface area contributed by atoms with E-state index in [2.05, 4.69) is 0 Å². The SMILES string of the molecule is CC(C)(O[n+]1ccccc1)C(=O)[O-]. The van der Waals surface area contributed by atoms with Crippen LogP contribution in [0.4, 0.5) is 0 Å². The molecule has 0 aliphatic rings. The summed E-state index contributed by atoms with van der Waals surface area (Å²) < 4.78 is 1.33. The van der Waals surface area contributed by atoms with Gasteiger partial charge in [0.05, 0.1) is 5.97 Å². The Kier molecular flexibility index (Phi) is 2.51. The maximum atomic E-state index is 10.6. The van der Waals surface area contributed by atoms with Gasteiger partial charge in [-0.1, -0.05) is 6.07 Å². The summed E-state index contributed by atoms with van der Waals surface area (Å²) in [5.41, 5.74) is -1.33. The molecular formula is C9H11NO3. The van der Waals surface area contributed by atoms with Gasteiger partial charge in [0.25, 0.3) is 0 Å². The van der Waals surface area contributed by atoms with Crippen molar-refractivity contribution < 1.29 is 19.5 Å². The zero-order valence-electron chi connectivity index (χ0n) is 7.56. The van der Waals surface area contributed by atoms with Crippen molar-refractivity contribution in [3.05, 3.63) is 30.6 Å². The van der Waals surface area contributed by atoms with Gasteiger partial charge in [0, 0.05) is 16.9 Å². The molecule has 0 fully saturated rings. The van der Waals surface area contributed by atoms with Crippen molar-refractivity contribution in [3.8, 4) is 0 Å². The second-order valence-electron chi connectivity index (χ2n) is 3.12. The molecule has 0 spiro atoms. The van der Waals surface area contributed by atoms with Crippen molar-refractivity contribution >= 4 is 5.97 Å². The summed E-state index contributed by atoms with van der Waals surface area (Å²) in [6.07, 6.45) is 3.23. The Morgan fingerprint density at radius 3 is 2.31 bits per heavy atom. The van der Waals surface area contributed by atoms with Crippen molar-refractivity contribution in [2.75, 3.05) is 0 Å². The number of carboxylic acids is 1. The smallest absolute Gasteiger partial charge is 0.222 e. The summed E-state index contributed by atoms with van der Waals surface area (Å²) in [7, 11) is 0. The summed E-state index contributed by atoms with van der Waals surface area (Å²) in [4.78, 5) is 15.7. The minimum Gasteiger partial charge on any atom is -0.546 e. The van der Waals surface area contributed by atoms with Crippen molar-refractivity contribution in [2.24, 2.45) is 0 Å². The molecule has 0 aliphatic heterocycles. The van der Waals surface area contributed by atoms with E-state index in [0.29, 0.717) is 0 Å². The van der Waals surface area contributed by atoms with Gasteiger partial charge in [-0.3, -0.25) is 4.84 Å². The third-order valence-electron chi connectivity index (χ3n) is 1.51. The average Bonchev–Trinajstić information content (AvgIpc) is 2.05. The van der Waals surface area contributed by atoms with Gasteiger partial charge in [-0.15, -0.1) is 0 Å². The predicted octanol–water partition coefficient (Wildman–Crippen LogP) is -1.07. The molecule has 0 unspecified atom stereocenters. The van der Waals surface area contributed by atoms with Crippen LogP contribution in [-0.4, -0.2) is 11.6 Å². The first-order valence-corrected chi connectivity index (χ1v) is 3.89. The van der Waals surface area contributed by atoms with Crippen LogP contribution in [0.15, 0.2) is 30.6 Å². The van der Waals surface area contributed by atoms with E-state index in [1.54, 1.807) is 24.5 Å². The standard InChI is InChI=1S/C9H11NO3/c1-9(2,8(11)12)13-10-6-4-3-5-7-10/h3-7H,1-2H3. The predicted molar refractivity (Wildman–Crippen MR) is 42.3 cm³/mol. The Hall–Kier alpha value is -1.58. The molecule has 1 rings (SSSR count). The highest BCUT2D eigenvalue weighted by Gasteiger charge is 2.26. The zero-order valence-corrected chi connectivity index (χ0v) is 7.56. The van der Waals surface area contributed by atoms with Gasteiger partial charge in [0.2, 0.25) is 18.0 Å². The lowest BCUT2D eigenvalue weighted by molar-refractivity contribution is -0.904. The number of aliphatic carboxylic acids is 1. The highest BCUT2D eigenvalue weighted by atomic mass is 16.7. The molecule has 13 heavy (non-hydrogen) atoms. The lowest BCUT2D eigenvalue weighted by Crippen LogP contribution is -2.59. The normalized spacial score (nSPS) is 10.9. The van der Waals surface area contributed by atoms with Crippen LogP contribution >= 0.6 is 0 Å². The Bertz CT molecular complexity index is 295. The van der Waals surface area contributed by atoms with E-state index >= 15 is 0 Å². The first-order valence-electron chi connectivity index (χ1n) is 3.89. The van der Waals surface area contributed by atoms with E-state index in [0.717, 1.165) is 0 Å². The topological polar surface area (TPSA) is 53.2 Å². The van der Waals surface area contributed by atoms with E-state index in [1.807, 2.05) is 6.07 Å². The molecule has 1 aromatic heterocycles. The third kappa shape index (κ3) is 2.43. The van der Waals surface area contributed by atoms with Gasteiger partial charge in [-0.2, -0.15) is 0 Å². The Morgan fingerprint density at radius 1 is 1.31 bits per heavy atom. The molecule has 4 nitrogen and oxygen atoms in total. The number of rotatable bonds is 3. The molecule has 70 valence electrons. The summed E-state index contributed by atoms with van der Waals surface area (Å²) in [6, 6.07) is 5.29. The second kappa shape index (κ2) is 3.43. The van der Waals surface area contributed by atoms with Gasteiger partial charge in [-0.25, -0.2) is 0 Å². The molecule has 0 saturated carbocycles. The average molecular weight is 181 g/mol. The molecule has 0 bridgehead atoms. The number of hydrogen-bond donors (Lipinski definition) is 0. The van der Waals surface area contributed by atoms with E-state index in [1.165, 1.54) is 18.6 Å². The highest BCUT2D eigenvalue weighted by Crippen LogP contribution is 1.99. The Labute approximate surface area is 76.3 Å². The van der Waals surface area contributed by atoms with Gasteiger partial charge < -0.3 is 9.90 Å². The summed E-state index contributed by atoms with van der Waals surface area (Å²) in [5, 5.41) is 10.6. The number of nitrogens with zero attached hydrogens (tertiary/aromatic N) is 1. The minimum absolute atomic E-state index is 1.25. The molecule has 0 N–H and O–H groups in total. The summed E-state index contributed by atoms with van der Waals surface area (Å²) in [6.45, 7) is 2.87. The lowest BCUT2D eigenvalue weighted by atomic mass is 10.1. The van der Waals surface area contributed by atoms with Gasteiger partial charge in [0.15, 0.2) is 0 Å². The quantitative estimate of drug-likeness (QED) is 0.558. The van der Waals surface area contributed by atoms with Crippen molar-refractivity contribution in [3.63, 3.8) is 0 Å². The van der Waals surface area contributed by atoms with E-state index in [-0.39, 0.29) is 0 Å². The van der Waals surface area contributed by atoms with Crippen LogP contribution in [0.1, 0.15) is 13.8 Å². The molecule has 4 heteroatoms. The number of aromatic nitrogens is 1. The molecular weight excluding hydrogens is 170 g/mol. The Balaban J connectivity index is 2.75. The largest absolute Gasteiger partial charge is 0.546 e. The van der Waals surface area contributed by atoms with Crippen LogP contribution < -0.4 is 14.7 Å². The summed E-state index contributed by atoms with van der Waals surface area (Å²) >= 11 is 0. The highest BCUT2D eigenvalue weighted by molar-refractivity contribution is 5.73. The molecule has 0 amide bonds. The number of pyridine rings is 1. The minimum atomic E-state index is -1.33. The monoisotopic (exact) mass is 181 g/mol. The van der Waals surface area contributed by atoms with Gasteiger partial charge in [-0.05, 0) is 13.8 Å². The first kappa shape index (κ1) is 9.51. The third-order valence-corrected chi connectivity index (χ3v) is 1.51. The van der Waals surface area contributed by atoms with Crippen molar-refractivity contribution in [1.82, 2.24) is 0 Å². The molecule has 0 aliphatic carbocycles. The molecule has 1 heterocycles. The summed E-state index contributed by atoms with van der Waals surface area (Å²) in [5.74, 6) is -1.25. The maximum Gasteiger partial charge on any atom is 0.222 e. The lowest BCUT2D eigenvalue weighted by Gasteiger charge is -2.20. The number of carboxylic acid groups (broad SMARTS) is 1. The number of carbonyl (C=O) groups excluding carboxylic acids is 1. The first-order chi connectivity index (χ1) is 6.02. The number of carbonyl (C=O) groups is 1. The van der Waals surface area contributed by atoms with E-state index in [4.69, 9.17) is 4.84 Å². The van der Waals surface area contributed by atoms with E-state index < -0.39 is 11.6 Å². The fourth-order valence-electron chi connectivity index (χ4n) is 0.745. The van der Waals surface area contributed by atoms with Gasteiger partial charge in [0.1, 0.15) is 0 Å². The van der Waals surface area contributed by atoms with Crippen LogP contribution in [-0.2, 0) is 4.79 Å². The fraction of sp³-hybridized carbons (Fsp3) is 0.333. The second-order valence-corrected chi connectivity index (χ2v) is 3.12. The molecule has 0 atom stereocenters. The molecule has 0 radical (unpaired) electrons.